The third kappa shape index (κ3) is 6.38. The number of benzene rings is 2. The zero-order valence-electron chi connectivity index (χ0n) is 20.1. The molecule has 2 amide bonds. The van der Waals surface area contributed by atoms with E-state index >= 15 is 0 Å². The number of carbonyl (C=O) groups excluding carboxylic acids is 2. The lowest BCUT2D eigenvalue weighted by Crippen LogP contribution is -2.47. The van der Waals surface area contributed by atoms with Crippen molar-refractivity contribution in [2.24, 2.45) is 5.92 Å². The highest BCUT2D eigenvalue weighted by Crippen LogP contribution is 2.26. The van der Waals surface area contributed by atoms with E-state index in [1.54, 1.807) is 17.0 Å². The fourth-order valence-electron chi connectivity index (χ4n) is 4.93. The summed E-state index contributed by atoms with van der Waals surface area (Å²) in [4.78, 5) is 32.3. The lowest BCUT2D eigenvalue weighted by Gasteiger charge is -2.35. The Morgan fingerprint density at radius 3 is 2.47 bits per heavy atom. The number of rotatable bonds is 6. The molecule has 0 bridgehead atoms. The Labute approximate surface area is 209 Å². The van der Waals surface area contributed by atoms with Crippen LogP contribution < -0.4 is 4.74 Å². The van der Waals surface area contributed by atoms with Gasteiger partial charge in [-0.05, 0) is 49.1 Å². The molecule has 1 unspecified atom stereocenters. The van der Waals surface area contributed by atoms with Crippen molar-refractivity contribution in [3.05, 3.63) is 65.2 Å². The van der Waals surface area contributed by atoms with E-state index in [0.29, 0.717) is 38.0 Å². The van der Waals surface area contributed by atoms with Crippen LogP contribution in [0.1, 0.15) is 40.7 Å². The second kappa shape index (κ2) is 12.0. The molecule has 0 spiro atoms. The third-order valence-corrected chi connectivity index (χ3v) is 6.78. The van der Waals surface area contributed by atoms with Crippen LogP contribution in [0, 0.1) is 17.2 Å². The van der Waals surface area contributed by atoms with Crippen LogP contribution in [0.2, 0.25) is 0 Å². The number of nitriles is 1. The Bertz CT molecular complexity index is 1100. The van der Waals surface area contributed by atoms with Gasteiger partial charge >= 0.3 is 6.61 Å². The molecule has 2 aromatic carbocycles. The summed E-state index contributed by atoms with van der Waals surface area (Å²) in [5.41, 5.74) is 1.85. The van der Waals surface area contributed by atoms with Crippen molar-refractivity contribution in [2.75, 3.05) is 39.3 Å². The third-order valence-electron chi connectivity index (χ3n) is 6.78. The van der Waals surface area contributed by atoms with Crippen molar-refractivity contribution >= 4 is 11.8 Å². The maximum atomic E-state index is 13.4. The molecule has 2 aliphatic rings. The van der Waals surface area contributed by atoms with Gasteiger partial charge < -0.3 is 14.5 Å². The van der Waals surface area contributed by atoms with Crippen molar-refractivity contribution in [1.29, 1.82) is 5.26 Å². The van der Waals surface area contributed by atoms with E-state index in [1.165, 1.54) is 12.1 Å². The number of amides is 2. The molecule has 0 N–H and O–H groups in total. The Balaban J connectivity index is 1.34. The van der Waals surface area contributed by atoms with Gasteiger partial charge in [0.05, 0.1) is 23.1 Å². The summed E-state index contributed by atoms with van der Waals surface area (Å²) < 4.78 is 30.1. The number of para-hydroxylation sites is 1. The number of likely N-dealkylation sites (tertiary alicyclic amines) is 1. The van der Waals surface area contributed by atoms with Gasteiger partial charge in [0.2, 0.25) is 5.91 Å². The second-order valence-corrected chi connectivity index (χ2v) is 9.23. The highest BCUT2D eigenvalue weighted by molar-refractivity contribution is 5.97. The van der Waals surface area contributed by atoms with E-state index in [1.807, 2.05) is 29.2 Å². The van der Waals surface area contributed by atoms with E-state index in [-0.39, 0.29) is 29.7 Å². The normalized spacial score (nSPS) is 19.0. The molecule has 36 heavy (non-hydrogen) atoms. The number of alkyl halides is 2. The van der Waals surface area contributed by atoms with Gasteiger partial charge in [-0.1, -0.05) is 24.3 Å². The molecule has 2 saturated heterocycles. The van der Waals surface area contributed by atoms with E-state index < -0.39 is 12.5 Å². The topological polar surface area (TPSA) is 76.9 Å². The molecule has 2 fully saturated rings. The first-order chi connectivity index (χ1) is 17.4. The van der Waals surface area contributed by atoms with Gasteiger partial charge in [0, 0.05) is 45.8 Å². The van der Waals surface area contributed by atoms with E-state index in [4.69, 9.17) is 5.26 Å². The predicted molar refractivity (Wildman–Crippen MR) is 129 cm³/mol. The maximum Gasteiger partial charge on any atom is 0.387 e. The first-order valence-corrected chi connectivity index (χ1v) is 12.3. The Morgan fingerprint density at radius 2 is 1.72 bits per heavy atom. The van der Waals surface area contributed by atoms with Crippen LogP contribution >= 0.6 is 0 Å². The molecule has 4 rings (SSSR count). The highest BCUT2D eigenvalue weighted by atomic mass is 19.3. The molecule has 190 valence electrons. The average molecular weight is 497 g/mol. The van der Waals surface area contributed by atoms with Gasteiger partial charge in [0.1, 0.15) is 5.75 Å². The summed E-state index contributed by atoms with van der Waals surface area (Å²) in [7, 11) is 0. The molecule has 1 atom stereocenters. The van der Waals surface area contributed by atoms with E-state index in [0.717, 1.165) is 31.6 Å². The molecule has 0 aliphatic carbocycles. The first-order valence-electron chi connectivity index (χ1n) is 12.3. The number of hydrogen-bond donors (Lipinski definition) is 0. The van der Waals surface area contributed by atoms with E-state index in [2.05, 4.69) is 15.7 Å². The van der Waals surface area contributed by atoms with Crippen LogP contribution in [0.25, 0.3) is 0 Å². The van der Waals surface area contributed by atoms with Gasteiger partial charge in [-0.25, -0.2) is 0 Å². The smallest absolute Gasteiger partial charge is 0.387 e. The number of ether oxygens (including phenoxy) is 1. The first kappa shape index (κ1) is 25.6. The lowest BCUT2D eigenvalue weighted by molar-refractivity contribution is -0.136. The summed E-state index contributed by atoms with van der Waals surface area (Å²) in [6.45, 7) is 1.40. The predicted octanol–water partition coefficient (Wildman–Crippen LogP) is 3.75. The van der Waals surface area contributed by atoms with Gasteiger partial charge in [0.25, 0.3) is 5.91 Å². The maximum absolute atomic E-state index is 13.4. The zero-order chi connectivity index (χ0) is 25.5. The standard InChI is InChI=1S/C27H30F2N4O3/c28-27(29)36-24-7-2-1-6-23(24)26(35)33-13-3-5-22(19-33)25(34)32-14-4-12-31(15-16-32)18-21-10-8-20(17-30)9-11-21/h1-2,6-11,22,27H,3-5,12-16,18-19H2. The monoisotopic (exact) mass is 496 g/mol. The van der Waals surface area contributed by atoms with Crippen LogP contribution in [0.3, 0.4) is 0 Å². The zero-order valence-corrected chi connectivity index (χ0v) is 20.1. The largest absolute Gasteiger partial charge is 0.434 e. The molecule has 2 aliphatic heterocycles. The van der Waals surface area contributed by atoms with E-state index in [9.17, 15) is 18.4 Å². The van der Waals surface area contributed by atoms with Gasteiger partial charge in [-0.15, -0.1) is 0 Å². The number of halogens is 2. The van der Waals surface area contributed by atoms with Crippen LogP contribution in [0.4, 0.5) is 8.78 Å². The van der Waals surface area contributed by atoms with Crippen molar-refractivity contribution in [3.8, 4) is 11.8 Å². The summed E-state index contributed by atoms with van der Waals surface area (Å²) in [6.07, 6.45) is 2.23. The Kier molecular flexibility index (Phi) is 8.49. The minimum atomic E-state index is -3.02. The summed E-state index contributed by atoms with van der Waals surface area (Å²) >= 11 is 0. The van der Waals surface area contributed by atoms with Crippen molar-refractivity contribution < 1.29 is 23.1 Å². The van der Waals surface area contributed by atoms with Gasteiger partial charge in [-0.3, -0.25) is 14.5 Å². The fraction of sp³-hybridized carbons (Fsp3) is 0.444. The summed E-state index contributed by atoms with van der Waals surface area (Å²) in [5.74, 6) is -0.810. The minimum Gasteiger partial charge on any atom is -0.434 e. The number of carbonyl (C=O) groups is 2. The molecule has 7 nitrogen and oxygen atoms in total. The minimum absolute atomic E-state index is 0.0461. The average Bonchev–Trinajstić information content (AvgIpc) is 3.14. The van der Waals surface area contributed by atoms with Crippen molar-refractivity contribution in [3.63, 3.8) is 0 Å². The van der Waals surface area contributed by atoms with Crippen LogP contribution in [0.5, 0.6) is 5.75 Å². The molecule has 0 radical (unpaired) electrons. The molecule has 2 heterocycles. The Hall–Kier alpha value is -3.51. The van der Waals surface area contributed by atoms with Crippen LogP contribution in [0.15, 0.2) is 48.5 Å². The quantitative estimate of drug-likeness (QED) is 0.609. The van der Waals surface area contributed by atoms with Crippen molar-refractivity contribution in [1.82, 2.24) is 14.7 Å². The molecule has 0 aromatic heterocycles. The lowest BCUT2D eigenvalue weighted by atomic mass is 9.95. The number of hydrogen-bond acceptors (Lipinski definition) is 5. The summed E-state index contributed by atoms with van der Waals surface area (Å²) in [5, 5.41) is 8.97. The summed E-state index contributed by atoms with van der Waals surface area (Å²) in [6, 6.07) is 15.7. The second-order valence-electron chi connectivity index (χ2n) is 9.23. The Morgan fingerprint density at radius 1 is 0.972 bits per heavy atom. The van der Waals surface area contributed by atoms with Gasteiger partial charge in [0.15, 0.2) is 0 Å². The number of nitrogens with zero attached hydrogens (tertiary/aromatic N) is 4. The fourth-order valence-corrected chi connectivity index (χ4v) is 4.93. The number of piperidine rings is 1. The molecule has 2 aromatic rings. The van der Waals surface area contributed by atoms with Crippen molar-refractivity contribution in [2.45, 2.75) is 32.4 Å². The molecule has 0 saturated carbocycles. The molecular formula is C27H30F2N4O3. The molecular weight excluding hydrogens is 466 g/mol. The highest BCUT2D eigenvalue weighted by Gasteiger charge is 2.33. The van der Waals surface area contributed by atoms with Gasteiger partial charge in [-0.2, -0.15) is 14.0 Å². The molecule has 9 heteroatoms. The van der Waals surface area contributed by atoms with Crippen LogP contribution in [-0.4, -0.2) is 72.4 Å². The van der Waals surface area contributed by atoms with Crippen LogP contribution in [-0.2, 0) is 11.3 Å². The SMILES string of the molecule is N#Cc1ccc(CN2CCCN(C(=O)C3CCCN(C(=O)c4ccccc4OC(F)F)C3)CC2)cc1.